The molecule has 0 radical (unpaired) electrons. The van der Waals surface area contributed by atoms with Crippen LogP contribution < -0.4 is 0 Å². The van der Waals surface area contributed by atoms with E-state index in [4.69, 9.17) is 21.2 Å². The molecule has 2 N–H and O–H groups in total. The van der Waals surface area contributed by atoms with Crippen molar-refractivity contribution in [2.24, 2.45) is 0 Å². The van der Waals surface area contributed by atoms with E-state index in [0.29, 0.717) is 6.61 Å². The zero-order valence-electron chi connectivity index (χ0n) is 7.44. The maximum atomic E-state index is 8.70. The van der Waals surface area contributed by atoms with Gasteiger partial charge in [-0.1, -0.05) is 5.92 Å². The van der Waals surface area contributed by atoms with Crippen molar-refractivity contribution in [2.75, 3.05) is 6.61 Å². The second-order valence-corrected chi connectivity index (χ2v) is 5.08. The van der Waals surface area contributed by atoms with E-state index in [-0.39, 0.29) is 6.10 Å². The van der Waals surface area contributed by atoms with Crippen molar-refractivity contribution in [3.05, 3.63) is 0 Å². The fourth-order valence-electron chi connectivity index (χ4n) is 0.332. The topological polar surface area (TPSA) is 49.7 Å². The Morgan fingerprint density at radius 1 is 1.54 bits per heavy atom. The number of ether oxygens (including phenoxy) is 1. The lowest BCUT2D eigenvalue weighted by Crippen LogP contribution is -2.15. The molecular weight excluding hydrogens is 234 g/mol. The molecule has 0 heterocycles. The largest absolute Gasteiger partial charge is 0.391 e. The third-order valence-electron chi connectivity index (χ3n) is 0.822. The van der Waals surface area contributed by atoms with E-state index in [1.54, 1.807) is 13.8 Å². The van der Waals surface area contributed by atoms with Gasteiger partial charge in [0.15, 0.2) is 0 Å². The maximum absolute atomic E-state index is 8.70. The van der Waals surface area contributed by atoms with Gasteiger partial charge in [-0.15, -0.1) is 6.42 Å². The van der Waals surface area contributed by atoms with Gasteiger partial charge in [0, 0.05) is 0 Å². The van der Waals surface area contributed by atoms with Crippen LogP contribution >= 0.6 is 29.3 Å². The molecular formula is C7H13Cl2O3P. The van der Waals surface area contributed by atoms with Crippen molar-refractivity contribution in [2.45, 2.75) is 26.1 Å². The minimum atomic E-state index is -1.68. The zero-order valence-corrected chi connectivity index (χ0v) is 9.85. The van der Waals surface area contributed by atoms with Gasteiger partial charge in [0.25, 0.3) is 0 Å². The Hall–Kier alpha value is 0.450. The first kappa shape index (κ1) is 15.9. The van der Waals surface area contributed by atoms with Crippen LogP contribution in [0, 0.1) is 12.3 Å². The van der Waals surface area contributed by atoms with Gasteiger partial charge in [0.05, 0.1) is 12.7 Å². The molecule has 0 aliphatic heterocycles. The number of hydrogen-bond acceptors (Lipinski definition) is 3. The Kier molecular flexibility index (Phi) is 12.9. The van der Waals surface area contributed by atoms with Crippen LogP contribution in [0.2, 0.25) is 0 Å². The van der Waals surface area contributed by atoms with Gasteiger partial charge in [0.1, 0.15) is 6.10 Å². The highest BCUT2D eigenvalue weighted by Gasteiger charge is 1.98. The van der Waals surface area contributed by atoms with Crippen molar-refractivity contribution < 1.29 is 14.7 Å². The molecule has 0 aromatic carbocycles. The summed E-state index contributed by atoms with van der Waals surface area (Å²) in [6.45, 7) is 2.06. The fourth-order valence-corrected chi connectivity index (χ4v) is 0.332. The number of hydrogen-bond donors (Lipinski definition) is 2. The van der Waals surface area contributed by atoms with Crippen LogP contribution in [0.4, 0.5) is 0 Å². The third-order valence-corrected chi connectivity index (χ3v) is 0.822. The van der Waals surface area contributed by atoms with Crippen LogP contribution in [0.1, 0.15) is 13.8 Å². The van der Waals surface area contributed by atoms with Crippen LogP contribution in [-0.4, -0.2) is 28.8 Å². The smallest absolute Gasteiger partial charge is 0.222 e. The normalized spacial score (nSPS) is 14.0. The average Bonchev–Trinajstić information content (AvgIpc) is 1.99. The molecule has 0 saturated heterocycles. The van der Waals surface area contributed by atoms with Gasteiger partial charge >= 0.3 is 0 Å². The van der Waals surface area contributed by atoms with Crippen molar-refractivity contribution in [3.8, 4) is 12.3 Å². The van der Waals surface area contributed by atoms with Crippen molar-refractivity contribution in [1.82, 2.24) is 0 Å². The monoisotopic (exact) mass is 246 g/mol. The Bertz CT molecular complexity index is 144. The Morgan fingerprint density at radius 2 is 1.92 bits per heavy atom. The molecule has 0 fully saturated rings. The van der Waals surface area contributed by atoms with E-state index < -0.39 is 13.0 Å². The highest BCUT2D eigenvalue weighted by molar-refractivity contribution is 7.99. The summed E-state index contributed by atoms with van der Waals surface area (Å²) in [4.78, 5) is 7.65. The molecule has 78 valence electrons. The molecule has 0 aromatic rings. The van der Waals surface area contributed by atoms with E-state index in [1.807, 2.05) is 0 Å². The highest BCUT2D eigenvalue weighted by Crippen LogP contribution is 2.40. The molecule has 0 aliphatic rings. The molecule has 6 heteroatoms. The van der Waals surface area contributed by atoms with Crippen LogP contribution in [0.15, 0.2) is 0 Å². The minimum Gasteiger partial charge on any atom is -0.391 e. The number of halogens is 2. The van der Waals surface area contributed by atoms with Crippen molar-refractivity contribution in [3.63, 3.8) is 0 Å². The van der Waals surface area contributed by atoms with Crippen molar-refractivity contribution in [1.29, 1.82) is 0 Å². The molecule has 3 nitrogen and oxygen atoms in total. The van der Waals surface area contributed by atoms with Gasteiger partial charge in [-0.25, -0.2) is 0 Å². The lowest BCUT2D eigenvalue weighted by atomic mass is 10.4. The van der Waals surface area contributed by atoms with Crippen LogP contribution in [0.3, 0.4) is 0 Å². The summed E-state index contributed by atoms with van der Waals surface area (Å²) >= 11 is 9.32. The van der Waals surface area contributed by atoms with Gasteiger partial charge in [-0.3, -0.25) is 0 Å². The summed E-state index contributed by atoms with van der Waals surface area (Å²) in [6.07, 6.45) is 4.38. The van der Waals surface area contributed by atoms with E-state index in [1.165, 1.54) is 0 Å². The fraction of sp³-hybridized carbons (Fsp3) is 0.714. The number of terminal acetylenes is 1. The molecule has 0 aromatic heterocycles. The molecule has 0 bridgehead atoms. The summed E-state index contributed by atoms with van der Waals surface area (Å²) < 4.78 is 4.97. The molecule has 2 unspecified atom stereocenters. The lowest BCUT2D eigenvalue weighted by Gasteiger charge is -2.07. The number of rotatable bonds is 3. The summed E-state index contributed by atoms with van der Waals surface area (Å²) in [6, 6.07) is 0. The highest BCUT2D eigenvalue weighted by atomic mass is 35.9. The number of aliphatic hydroxyl groups excluding tert-OH is 1. The molecule has 0 rings (SSSR count). The quantitative estimate of drug-likeness (QED) is 0.593. The van der Waals surface area contributed by atoms with Gasteiger partial charge in [-0.05, 0) is 36.3 Å². The first-order chi connectivity index (χ1) is 5.90. The zero-order chi connectivity index (χ0) is 10.9. The summed E-state index contributed by atoms with van der Waals surface area (Å²) in [5.74, 6) is 2.39. The van der Waals surface area contributed by atoms with E-state index >= 15 is 0 Å². The van der Waals surface area contributed by atoms with E-state index in [2.05, 4.69) is 28.4 Å². The van der Waals surface area contributed by atoms with Gasteiger partial charge in [0.2, 0.25) is 6.85 Å². The predicted molar refractivity (Wildman–Crippen MR) is 56.8 cm³/mol. The summed E-state index contributed by atoms with van der Waals surface area (Å²) in [7, 11) is 0. The van der Waals surface area contributed by atoms with Gasteiger partial charge in [-0.2, -0.15) is 0 Å². The molecule has 0 saturated carbocycles. The molecule has 2 atom stereocenters. The van der Waals surface area contributed by atoms with Crippen LogP contribution in [-0.2, 0) is 4.74 Å². The maximum Gasteiger partial charge on any atom is 0.222 e. The Morgan fingerprint density at radius 3 is 2.15 bits per heavy atom. The van der Waals surface area contributed by atoms with Gasteiger partial charge < -0.3 is 14.7 Å². The summed E-state index contributed by atoms with van der Waals surface area (Å²) in [5, 5.41) is 8.70. The Labute approximate surface area is 89.4 Å². The SMILES string of the molecule is C#CC(C)OCC(C)O.OP(Cl)Cl. The second kappa shape index (κ2) is 10.5. The van der Waals surface area contributed by atoms with Crippen LogP contribution in [0.25, 0.3) is 0 Å². The molecule has 0 aliphatic carbocycles. The van der Waals surface area contributed by atoms with E-state index in [9.17, 15) is 0 Å². The van der Waals surface area contributed by atoms with Crippen molar-refractivity contribution >= 4 is 29.3 Å². The first-order valence-corrected chi connectivity index (χ1v) is 6.57. The Balaban J connectivity index is 0. The average molecular weight is 247 g/mol. The minimum absolute atomic E-state index is 0.195. The molecule has 13 heavy (non-hydrogen) atoms. The lowest BCUT2D eigenvalue weighted by molar-refractivity contribution is 0.0282. The molecule has 0 amide bonds. The molecule has 0 spiro atoms. The second-order valence-electron chi connectivity index (χ2n) is 2.21. The van der Waals surface area contributed by atoms with E-state index in [0.717, 1.165) is 0 Å². The summed E-state index contributed by atoms with van der Waals surface area (Å²) in [5.41, 5.74) is 0. The van der Waals surface area contributed by atoms with Crippen LogP contribution in [0.5, 0.6) is 0 Å². The number of aliphatic hydroxyl groups is 1. The standard InChI is InChI=1S/C7H12O2.Cl2HOP/c1-4-7(3)9-5-6(2)8;1-4(2)3/h1,6-8H,5H2,2-3H3;3H. The first-order valence-electron chi connectivity index (χ1n) is 3.46. The predicted octanol–water partition coefficient (Wildman–Crippen LogP) is 2.09. The third kappa shape index (κ3) is 24.5.